The second-order valence-corrected chi connectivity index (χ2v) is 9.50. The zero-order chi connectivity index (χ0) is 22.7. The third-order valence-corrected chi connectivity index (χ3v) is 7.33. The quantitative estimate of drug-likeness (QED) is 0.601. The number of nitrogens with zero attached hydrogens (tertiary/aromatic N) is 2. The minimum absolute atomic E-state index is 0.144. The topological polar surface area (TPSA) is 102 Å². The second-order valence-electron chi connectivity index (χ2n) is 7.16. The van der Waals surface area contributed by atoms with E-state index in [9.17, 15) is 18.0 Å². The average molecular weight is 481 g/mol. The van der Waals surface area contributed by atoms with Crippen molar-refractivity contribution in [2.24, 2.45) is 0 Å². The Morgan fingerprint density at radius 2 is 1.69 bits per heavy atom. The van der Waals surface area contributed by atoms with Crippen molar-refractivity contribution in [1.82, 2.24) is 9.21 Å². The summed E-state index contributed by atoms with van der Waals surface area (Å²) in [7, 11) is -3.61. The van der Waals surface area contributed by atoms with Crippen LogP contribution in [0.3, 0.4) is 0 Å². The molecule has 4 rings (SSSR count). The molecule has 0 saturated carbocycles. The number of esters is 1. The van der Waals surface area contributed by atoms with Crippen LogP contribution in [0.25, 0.3) is 0 Å². The Morgan fingerprint density at radius 3 is 2.41 bits per heavy atom. The number of halogens is 1. The van der Waals surface area contributed by atoms with E-state index in [0.717, 1.165) is 0 Å². The molecular weight excluding hydrogens is 460 g/mol. The third-order valence-electron chi connectivity index (χ3n) is 5.13. The van der Waals surface area contributed by atoms with Crippen LogP contribution in [0.1, 0.15) is 10.4 Å². The van der Waals surface area contributed by atoms with Gasteiger partial charge in [0.25, 0.3) is 5.91 Å². The van der Waals surface area contributed by atoms with Crippen LogP contribution in [0, 0.1) is 0 Å². The standard InChI is InChI=1S/C21H21ClN2O7S/c22-17-12-15(13-18-20(17)30-11-10-29-18)21(26)31-14-19(25)23-6-8-24(9-7-23)32(27,28)16-4-2-1-3-5-16/h1-5,12-13H,6-11,14H2. The van der Waals surface area contributed by atoms with Gasteiger partial charge in [0, 0.05) is 26.2 Å². The number of piperazine rings is 1. The van der Waals surface area contributed by atoms with E-state index in [-0.39, 0.29) is 41.7 Å². The van der Waals surface area contributed by atoms with E-state index in [4.69, 9.17) is 25.8 Å². The van der Waals surface area contributed by atoms with Crippen LogP contribution in [0.2, 0.25) is 5.02 Å². The molecule has 0 radical (unpaired) electrons. The summed E-state index contributed by atoms with van der Waals surface area (Å²) in [4.78, 5) is 26.5. The Kier molecular flexibility index (Phi) is 6.54. The lowest BCUT2D eigenvalue weighted by molar-refractivity contribution is -0.135. The summed E-state index contributed by atoms with van der Waals surface area (Å²) in [5.74, 6) is -0.409. The monoisotopic (exact) mass is 480 g/mol. The van der Waals surface area contributed by atoms with Gasteiger partial charge in [0.2, 0.25) is 10.0 Å². The first-order valence-electron chi connectivity index (χ1n) is 9.95. The molecule has 170 valence electrons. The lowest BCUT2D eigenvalue weighted by atomic mass is 10.2. The summed E-state index contributed by atoms with van der Waals surface area (Å²) < 4.78 is 42.7. The summed E-state index contributed by atoms with van der Waals surface area (Å²) in [6, 6.07) is 11.0. The molecule has 0 unspecified atom stereocenters. The number of carbonyl (C=O) groups is 2. The number of ether oxygens (including phenoxy) is 3. The van der Waals surface area contributed by atoms with E-state index in [2.05, 4.69) is 0 Å². The van der Waals surface area contributed by atoms with Crippen molar-refractivity contribution in [1.29, 1.82) is 0 Å². The predicted molar refractivity (Wildman–Crippen MR) is 115 cm³/mol. The number of rotatable bonds is 5. The highest BCUT2D eigenvalue weighted by atomic mass is 35.5. The summed E-state index contributed by atoms with van der Waals surface area (Å²) in [6.07, 6.45) is 0. The van der Waals surface area contributed by atoms with Gasteiger partial charge in [0.05, 0.1) is 15.5 Å². The lowest BCUT2D eigenvalue weighted by Crippen LogP contribution is -2.51. The molecular formula is C21H21ClN2O7S. The summed E-state index contributed by atoms with van der Waals surface area (Å²) in [5, 5.41) is 0.219. The van der Waals surface area contributed by atoms with Crippen molar-refractivity contribution in [2.45, 2.75) is 4.90 Å². The molecule has 0 bridgehead atoms. The molecule has 9 nitrogen and oxygen atoms in total. The molecule has 0 spiro atoms. The molecule has 2 aromatic carbocycles. The highest BCUT2D eigenvalue weighted by Crippen LogP contribution is 2.38. The molecule has 0 aromatic heterocycles. The van der Waals surface area contributed by atoms with Gasteiger partial charge in [-0.15, -0.1) is 0 Å². The predicted octanol–water partition coefficient (Wildman–Crippen LogP) is 1.80. The number of hydrogen-bond acceptors (Lipinski definition) is 7. The van der Waals surface area contributed by atoms with Crippen molar-refractivity contribution in [3.8, 4) is 11.5 Å². The van der Waals surface area contributed by atoms with Gasteiger partial charge in [-0.25, -0.2) is 13.2 Å². The molecule has 0 aliphatic carbocycles. The maximum atomic E-state index is 12.7. The van der Waals surface area contributed by atoms with Crippen molar-refractivity contribution in [2.75, 3.05) is 46.0 Å². The van der Waals surface area contributed by atoms with Gasteiger partial charge in [0.15, 0.2) is 18.1 Å². The molecule has 1 fully saturated rings. The van der Waals surface area contributed by atoms with Gasteiger partial charge >= 0.3 is 5.97 Å². The first kappa shape index (κ1) is 22.4. The Labute approximate surface area is 190 Å². The van der Waals surface area contributed by atoms with Crippen LogP contribution < -0.4 is 9.47 Å². The molecule has 2 aliphatic rings. The van der Waals surface area contributed by atoms with Crippen LogP contribution in [-0.2, 0) is 19.6 Å². The average Bonchev–Trinajstić information content (AvgIpc) is 2.83. The summed E-state index contributed by atoms with van der Waals surface area (Å²) in [6.45, 7) is 0.980. The number of sulfonamides is 1. The van der Waals surface area contributed by atoms with Crippen LogP contribution in [0.5, 0.6) is 11.5 Å². The first-order valence-corrected chi connectivity index (χ1v) is 11.8. The Bertz CT molecular complexity index is 1120. The number of fused-ring (bicyclic) bond motifs is 1. The Balaban J connectivity index is 1.31. The fourth-order valence-corrected chi connectivity index (χ4v) is 5.16. The lowest BCUT2D eigenvalue weighted by Gasteiger charge is -2.33. The van der Waals surface area contributed by atoms with E-state index >= 15 is 0 Å². The summed E-state index contributed by atoms with van der Waals surface area (Å²) in [5.41, 5.74) is 0.144. The minimum Gasteiger partial charge on any atom is -0.486 e. The highest BCUT2D eigenvalue weighted by Gasteiger charge is 2.30. The zero-order valence-electron chi connectivity index (χ0n) is 17.0. The minimum atomic E-state index is -3.61. The van der Waals surface area contributed by atoms with E-state index in [0.29, 0.717) is 24.7 Å². The number of hydrogen-bond donors (Lipinski definition) is 0. The van der Waals surface area contributed by atoms with Gasteiger partial charge in [-0.05, 0) is 24.3 Å². The molecule has 2 aliphatic heterocycles. The molecule has 0 N–H and O–H groups in total. The van der Waals surface area contributed by atoms with Gasteiger partial charge in [-0.2, -0.15) is 4.31 Å². The Hall–Kier alpha value is -2.82. The van der Waals surface area contributed by atoms with E-state index in [1.54, 1.807) is 18.2 Å². The third kappa shape index (κ3) is 4.67. The van der Waals surface area contributed by atoms with E-state index in [1.807, 2.05) is 0 Å². The van der Waals surface area contributed by atoms with Gasteiger partial charge in [0.1, 0.15) is 13.2 Å². The fraction of sp³-hybridized carbons (Fsp3) is 0.333. The molecule has 1 saturated heterocycles. The number of amides is 1. The Morgan fingerprint density at radius 1 is 1.00 bits per heavy atom. The molecule has 1 amide bonds. The smallest absolute Gasteiger partial charge is 0.338 e. The number of benzene rings is 2. The van der Waals surface area contributed by atoms with E-state index in [1.165, 1.54) is 33.5 Å². The maximum absolute atomic E-state index is 12.7. The molecule has 2 aromatic rings. The normalized spacial score (nSPS) is 16.5. The number of carbonyl (C=O) groups excluding carboxylic acids is 2. The zero-order valence-corrected chi connectivity index (χ0v) is 18.6. The van der Waals surface area contributed by atoms with Crippen LogP contribution >= 0.6 is 11.6 Å². The molecule has 2 heterocycles. The van der Waals surface area contributed by atoms with E-state index < -0.39 is 28.5 Å². The van der Waals surface area contributed by atoms with Crippen molar-refractivity contribution >= 4 is 33.5 Å². The first-order chi connectivity index (χ1) is 15.4. The maximum Gasteiger partial charge on any atom is 0.338 e. The largest absolute Gasteiger partial charge is 0.486 e. The van der Waals surface area contributed by atoms with Crippen molar-refractivity contribution < 1.29 is 32.2 Å². The molecule has 0 atom stereocenters. The SMILES string of the molecule is O=C(OCC(=O)N1CCN(S(=O)(=O)c2ccccc2)CC1)c1cc(Cl)c2c(c1)OCCO2. The van der Waals surface area contributed by atoms with Crippen molar-refractivity contribution in [3.05, 3.63) is 53.1 Å². The summed E-state index contributed by atoms with van der Waals surface area (Å²) >= 11 is 6.13. The van der Waals surface area contributed by atoms with Gasteiger partial charge in [-0.3, -0.25) is 4.79 Å². The molecule has 11 heteroatoms. The van der Waals surface area contributed by atoms with Crippen molar-refractivity contribution in [3.63, 3.8) is 0 Å². The van der Waals surface area contributed by atoms with Gasteiger partial charge < -0.3 is 19.1 Å². The van der Waals surface area contributed by atoms with Crippen LogP contribution in [-0.4, -0.2) is 75.5 Å². The fourth-order valence-electron chi connectivity index (χ4n) is 3.45. The van der Waals surface area contributed by atoms with Gasteiger partial charge in [-0.1, -0.05) is 29.8 Å². The van der Waals surface area contributed by atoms with Crippen LogP contribution in [0.15, 0.2) is 47.4 Å². The highest BCUT2D eigenvalue weighted by molar-refractivity contribution is 7.89. The second kappa shape index (κ2) is 9.35. The van der Waals surface area contributed by atoms with Crippen LogP contribution in [0.4, 0.5) is 0 Å². The molecule has 32 heavy (non-hydrogen) atoms.